The van der Waals surface area contributed by atoms with E-state index in [9.17, 15) is 8.78 Å². The molecule has 0 atom stereocenters. The number of hydrogen-bond acceptors (Lipinski definition) is 2. The molecule has 0 heterocycles. The van der Waals surface area contributed by atoms with Crippen LogP contribution < -0.4 is 10.1 Å². The van der Waals surface area contributed by atoms with Crippen molar-refractivity contribution in [1.29, 1.82) is 0 Å². The van der Waals surface area contributed by atoms with Crippen molar-refractivity contribution in [2.45, 2.75) is 39.2 Å². The van der Waals surface area contributed by atoms with Crippen molar-refractivity contribution in [2.75, 3.05) is 13.2 Å². The monoisotopic (exact) mass is 269 g/mol. The third kappa shape index (κ3) is 3.90. The molecule has 0 spiro atoms. The minimum atomic E-state index is -0.606. The summed E-state index contributed by atoms with van der Waals surface area (Å²) in [5.74, 6) is -0.996. The van der Waals surface area contributed by atoms with E-state index in [1.165, 1.54) is 25.0 Å². The normalized spacial score (nSPS) is 15.9. The van der Waals surface area contributed by atoms with Crippen LogP contribution in [0.25, 0.3) is 0 Å². The first kappa shape index (κ1) is 14.3. The van der Waals surface area contributed by atoms with Gasteiger partial charge in [0, 0.05) is 6.54 Å². The van der Waals surface area contributed by atoms with E-state index in [0.29, 0.717) is 24.6 Å². The van der Waals surface area contributed by atoms with Crippen LogP contribution in [0.5, 0.6) is 5.75 Å². The fourth-order valence-corrected chi connectivity index (χ4v) is 2.50. The first-order valence-corrected chi connectivity index (χ1v) is 7.02. The Morgan fingerprint density at radius 2 is 1.84 bits per heavy atom. The number of nitrogens with one attached hydrogen (secondary N) is 1. The molecule has 2 rings (SSSR count). The zero-order valence-corrected chi connectivity index (χ0v) is 11.3. The van der Waals surface area contributed by atoms with Gasteiger partial charge in [0.25, 0.3) is 0 Å². The van der Waals surface area contributed by atoms with Crippen molar-refractivity contribution in [2.24, 2.45) is 5.92 Å². The van der Waals surface area contributed by atoms with Gasteiger partial charge in [0.15, 0.2) is 17.4 Å². The van der Waals surface area contributed by atoms with Gasteiger partial charge in [-0.3, -0.25) is 0 Å². The Labute approximate surface area is 113 Å². The molecule has 1 aliphatic carbocycles. The van der Waals surface area contributed by atoms with E-state index < -0.39 is 11.6 Å². The Morgan fingerprint density at radius 3 is 2.42 bits per heavy atom. The Hall–Kier alpha value is -1.16. The van der Waals surface area contributed by atoms with Crippen LogP contribution in [0, 0.1) is 17.6 Å². The molecule has 4 heteroatoms. The predicted octanol–water partition coefficient (Wildman–Crippen LogP) is 3.64. The molecule has 1 N–H and O–H groups in total. The van der Waals surface area contributed by atoms with E-state index in [1.54, 1.807) is 0 Å². The first-order valence-electron chi connectivity index (χ1n) is 7.02. The molecule has 0 aliphatic heterocycles. The SMILES string of the molecule is CCNCc1cc(F)c(OCC2CCCC2)c(F)c1. The van der Waals surface area contributed by atoms with Crippen LogP contribution in [0.2, 0.25) is 0 Å². The topological polar surface area (TPSA) is 21.3 Å². The molecule has 2 nitrogen and oxygen atoms in total. The highest BCUT2D eigenvalue weighted by molar-refractivity contribution is 5.31. The summed E-state index contributed by atoms with van der Waals surface area (Å²) in [5.41, 5.74) is 0.602. The number of rotatable bonds is 6. The lowest BCUT2D eigenvalue weighted by molar-refractivity contribution is 0.231. The molecule has 0 bridgehead atoms. The molecule has 1 aromatic carbocycles. The molecule has 1 fully saturated rings. The second-order valence-corrected chi connectivity index (χ2v) is 5.13. The zero-order valence-electron chi connectivity index (χ0n) is 11.3. The number of halogens is 2. The largest absolute Gasteiger partial charge is 0.487 e. The highest BCUT2D eigenvalue weighted by Gasteiger charge is 2.18. The molecular formula is C15H21F2NO. The Morgan fingerprint density at radius 1 is 1.21 bits per heavy atom. The van der Waals surface area contributed by atoms with Gasteiger partial charge in [0.1, 0.15) is 0 Å². The fraction of sp³-hybridized carbons (Fsp3) is 0.600. The Kier molecular flexibility index (Phi) is 5.14. The second-order valence-electron chi connectivity index (χ2n) is 5.13. The summed E-state index contributed by atoms with van der Waals surface area (Å²) in [6, 6.07) is 2.69. The minimum Gasteiger partial charge on any atom is -0.487 e. The third-order valence-corrected chi connectivity index (χ3v) is 3.58. The maximum Gasteiger partial charge on any atom is 0.190 e. The van der Waals surface area contributed by atoms with Crippen LogP contribution in [0.15, 0.2) is 12.1 Å². The van der Waals surface area contributed by atoms with Gasteiger partial charge in [-0.25, -0.2) is 8.78 Å². The maximum atomic E-state index is 13.8. The summed E-state index contributed by atoms with van der Waals surface area (Å²) in [6.45, 7) is 3.60. The van der Waals surface area contributed by atoms with Crippen LogP contribution in [-0.4, -0.2) is 13.2 Å². The molecule has 0 aromatic heterocycles. The molecule has 0 amide bonds. The molecule has 106 valence electrons. The van der Waals surface area contributed by atoms with Crippen LogP contribution in [0.1, 0.15) is 38.2 Å². The van der Waals surface area contributed by atoms with Crippen molar-refractivity contribution in [3.05, 3.63) is 29.3 Å². The number of ether oxygens (including phenoxy) is 1. The van der Waals surface area contributed by atoms with Crippen molar-refractivity contribution in [1.82, 2.24) is 5.32 Å². The van der Waals surface area contributed by atoms with Gasteiger partial charge in [-0.05, 0) is 43.0 Å². The fourth-order valence-electron chi connectivity index (χ4n) is 2.50. The van der Waals surface area contributed by atoms with Crippen LogP contribution in [0.3, 0.4) is 0 Å². The second kappa shape index (κ2) is 6.85. The van der Waals surface area contributed by atoms with Crippen molar-refractivity contribution < 1.29 is 13.5 Å². The molecule has 1 aromatic rings. The average Bonchev–Trinajstić information content (AvgIpc) is 2.88. The average molecular weight is 269 g/mol. The van der Waals surface area contributed by atoms with E-state index in [0.717, 1.165) is 19.4 Å². The van der Waals surface area contributed by atoms with Gasteiger partial charge in [0.2, 0.25) is 0 Å². The molecule has 19 heavy (non-hydrogen) atoms. The summed E-state index contributed by atoms with van der Waals surface area (Å²) in [6.07, 6.45) is 4.59. The Bertz CT molecular complexity index is 394. The quantitative estimate of drug-likeness (QED) is 0.851. The van der Waals surface area contributed by atoms with Crippen molar-refractivity contribution in [3.63, 3.8) is 0 Å². The lowest BCUT2D eigenvalue weighted by atomic mass is 10.1. The molecule has 0 unspecified atom stereocenters. The van der Waals surface area contributed by atoms with Crippen LogP contribution in [-0.2, 0) is 6.54 Å². The summed E-state index contributed by atoms with van der Waals surface area (Å²) in [5, 5.41) is 3.04. The van der Waals surface area contributed by atoms with Crippen molar-refractivity contribution >= 4 is 0 Å². The maximum absolute atomic E-state index is 13.8. The molecule has 1 saturated carbocycles. The smallest absolute Gasteiger partial charge is 0.190 e. The van der Waals surface area contributed by atoms with Gasteiger partial charge < -0.3 is 10.1 Å². The number of hydrogen-bond donors (Lipinski definition) is 1. The molecular weight excluding hydrogens is 248 g/mol. The first-order chi connectivity index (χ1) is 9.20. The van der Waals surface area contributed by atoms with Gasteiger partial charge in [0.05, 0.1) is 6.61 Å². The van der Waals surface area contributed by atoms with Crippen LogP contribution >= 0.6 is 0 Å². The summed E-state index contributed by atoms with van der Waals surface area (Å²) >= 11 is 0. The highest BCUT2D eigenvalue weighted by Crippen LogP contribution is 2.28. The summed E-state index contributed by atoms with van der Waals surface area (Å²) in [4.78, 5) is 0. The highest BCUT2D eigenvalue weighted by atomic mass is 19.1. The van der Waals surface area contributed by atoms with E-state index in [1.807, 2.05) is 6.92 Å². The lowest BCUT2D eigenvalue weighted by Gasteiger charge is -2.13. The molecule has 0 saturated heterocycles. The van der Waals surface area contributed by atoms with Crippen LogP contribution in [0.4, 0.5) is 8.78 Å². The van der Waals surface area contributed by atoms with Gasteiger partial charge in [-0.1, -0.05) is 19.8 Å². The van der Waals surface area contributed by atoms with Crippen molar-refractivity contribution in [3.8, 4) is 5.75 Å². The minimum absolute atomic E-state index is 0.229. The predicted molar refractivity (Wildman–Crippen MR) is 71.2 cm³/mol. The molecule has 1 aliphatic rings. The standard InChI is InChI=1S/C15H21F2NO/c1-2-18-9-12-7-13(16)15(14(17)8-12)19-10-11-5-3-4-6-11/h7-8,11,18H,2-6,9-10H2,1H3. The van der Waals surface area contributed by atoms with E-state index >= 15 is 0 Å². The number of benzene rings is 1. The molecule has 0 radical (unpaired) electrons. The van der Waals surface area contributed by atoms with Gasteiger partial charge in [-0.15, -0.1) is 0 Å². The summed E-state index contributed by atoms with van der Waals surface area (Å²) < 4.78 is 33.0. The van der Waals surface area contributed by atoms with Gasteiger partial charge >= 0.3 is 0 Å². The summed E-state index contributed by atoms with van der Waals surface area (Å²) in [7, 11) is 0. The third-order valence-electron chi connectivity index (χ3n) is 3.58. The lowest BCUT2D eigenvalue weighted by Crippen LogP contribution is -2.13. The van der Waals surface area contributed by atoms with Gasteiger partial charge in [-0.2, -0.15) is 0 Å². The van der Waals surface area contributed by atoms with E-state index in [4.69, 9.17) is 4.74 Å². The van der Waals surface area contributed by atoms with E-state index in [-0.39, 0.29) is 5.75 Å². The zero-order chi connectivity index (χ0) is 13.7. The Balaban J connectivity index is 1.99. The van der Waals surface area contributed by atoms with E-state index in [2.05, 4.69) is 5.32 Å².